The topological polar surface area (TPSA) is 83.7 Å². The molecule has 1 heterocycles. The molecule has 1 saturated carbocycles. The maximum atomic E-state index is 12.5. The lowest BCUT2D eigenvalue weighted by Gasteiger charge is -2.22. The minimum Gasteiger partial charge on any atom is -0.502 e. The number of halogens is 3. The summed E-state index contributed by atoms with van der Waals surface area (Å²) in [6, 6.07) is 3.80. The summed E-state index contributed by atoms with van der Waals surface area (Å²) in [5.74, 6) is -2.51. The molecule has 2 aliphatic rings. The third-order valence-electron chi connectivity index (χ3n) is 4.42. The van der Waals surface area contributed by atoms with Crippen LogP contribution < -0.4 is 0 Å². The number of hydrogen-bond acceptors (Lipinski definition) is 4. The van der Waals surface area contributed by atoms with Crippen molar-refractivity contribution in [2.45, 2.75) is 18.0 Å². The minimum atomic E-state index is -4.92. The lowest BCUT2D eigenvalue weighted by Crippen LogP contribution is -2.41. The highest BCUT2D eigenvalue weighted by Crippen LogP contribution is 2.60. The van der Waals surface area contributed by atoms with Gasteiger partial charge in [-0.15, -0.1) is 0 Å². The van der Waals surface area contributed by atoms with Crippen LogP contribution in [-0.2, 0) is 10.2 Å². The molecule has 1 saturated heterocycles. The van der Waals surface area contributed by atoms with Crippen molar-refractivity contribution >= 4 is 11.6 Å². The van der Waals surface area contributed by atoms with Crippen LogP contribution in [0.5, 0.6) is 5.75 Å². The summed E-state index contributed by atoms with van der Waals surface area (Å²) in [6.07, 6.45) is -4.34. The number of nitrogens with zero attached hydrogens (tertiary/aromatic N) is 2. The van der Waals surface area contributed by atoms with E-state index in [0.29, 0.717) is 12.0 Å². The van der Waals surface area contributed by atoms with Gasteiger partial charge in [0.25, 0.3) is 0 Å². The minimum absolute atomic E-state index is 0.00693. The number of nitro benzene ring substituents is 1. The third-order valence-corrected chi connectivity index (χ3v) is 4.42. The fourth-order valence-electron chi connectivity index (χ4n) is 3.24. The molecule has 2 atom stereocenters. The molecule has 2 fully saturated rings. The Morgan fingerprint density at radius 3 is 2.73 bits per heavy atom. The van der Waals surface area contributed by atoms with Crippen LogP contribution in [0.2, 0.25) is 0 Å². The number of fused-ring (bicyclic) bond motifs is 1. The molecule has 1 aliphatic heterocycles. The number of carbonyl (C=O) groups is 1. The second kappa shape index (κ2) is 4.34. The number of amides is 1. The van der Waals surface area contributed by atoms with Crippen molar-refractivity contribution in [2.75, 3.05) is 13.1 Å². The predicted octanol–water partition coefficient (Wildman–Crippen LogP) is 1.96. The highest BCUT2D eigenvalue weighted by atomic mass is 19.4. The first-order valence-electron chi connectivity index (χ1n) is 6.49. The van der Waals surface area contributed by atoms with E-state index < -0.39 is 33.9 Å². The molecule has 3 rings (SSSR count). The van der Waals surface area contributed by atoms with Crippen LogP contribution in [0.15, 0.2) is 18.2 Å². The number of likely N-dealkylation sites (tertiary alicyclic amines) is 1. The lowest BCUT2D eigenvalue weighted by molar-refractivity contribution is -0.385. The molecular formula is C13H11F3N2O4. The van der Waals surface area contributed by atoms with Crippen LogP contribution in [0.25, 0.3) is 0 Å². The predicted molar refractivity (Wildman–Crippen MR) is 67.2 cm³/mol. The van der Waals surface area contributed by atoms with Gasteiger partial charge in [0, 0.05) is 24.6 Å². The first-order valence-corrected chi connectivity index (χ1v) is 6.49. The van der Waals surface area contributed by atoms with E-state index in [9.17, 15) is 33.2 Å². The highest BCUT2D eigenvalue weighted by Gasteiger charge is 2.63. The number of phenolic OH excluding ortho intramolecular Hbond substituents is 1. The first kappa shape index (κ1) is 14.6. The van der Waals surface area contributed by atoms with Crippen LogP contribution in [0.4, 0.5) is 18.9 Å². The van der Waals surface area contributed by atoms with Crippen LogP contribution in [0.1, 0.15) is 12.0 Å². The fourth-order valence-corrected chi connectivity index (χ4v) is 3.24. The molecule has 1 aliphatic carbocycles. The number of aromatic hydroxyl groups is 1. The summed E-state index contributed by atoms with van der Waals surface area (Å²) in [5.41, 5.74) is -0.670. The Kier molecular flexibility index (Phi) is 2.88. The van der Waals surface area contributed by atoms with Crippen LogP contribution in [-0.4, -0.2) is 40.1 Å². The van der Waals surface area contributed by atoms with Crippen molar-refractivity contribution in [1.82, 2.24) is 4.90 Å². The SMILES string of the molecule is O=C(N1CC2CC2(c2ccc(O)c([N+](=O)[O-])c2)C1)C(F)(F)F. The molecule has 0 aromatic heterocycles. The number of piperidine rings is 1. The van der Waals surface area contributed by atoms with Crippen molar-refractivity contribution in [3.8, 4) is 5.75 Å². The number of carbonyl (C=O) groups excluding carboxylic acids is 1. The molecule has 2 unspecified atom stereocenters. The van der Waals surface area contributed by atoms with Crippen molar-refractivity contribution in [3.05, 3.63) is 33.9 Å². The van der Waals surface area contributed by atoms with Gasteiger partial charge in [0.2, 0.25) is 0 Å². The Hall–Kier alpha value is -2.32. The molecule has 6 nitrogen and oxygen atoms in total. The average molecular weight is 316 g/mol. The average Bonchev–Trinajstić information content (AvgIpc) is 2.99. The quantitative estimate of drug-likeness (QED) is 0.668. The third kappa shape index (κ3) is 2.08. The fraction of sp³-hybridized carbons (Fsp3) is 0.462. The van der Waals surface area contributed by atoms with Gasteiger partial charge < -0.3 is 10.0 Å². The molecule has 1 amide bonds. The Morgan fingerprint density at radius 1 is 1.45 bits per heavy atom. The van der Waals surface area contributed by atoms with E-state index in [-0.39, 0.29) is 19.0 Å². The van der Waals surface area contributed by atoms with Gasteiger partial charge in [-0.1, -0.05) is 6.07 Å². The second-order valence-corrected chi connectivity index (χ2v) is 5.70. The number of alkyl halides is 3. The monoisotopic (exact) mass is 316 g/mol. The van der Waals surface area contributed by atoms with E-state index in [0.717, 1.165) is 11.0 Å². The number of nitro groups is 1. The molecule has 1 N–H and O–H groups in total. The van der Waals surface area contributed by atoms with E-state index >= 15 is 0 Å². The summed E-state index contributed by atoms with van der Waals surface area (Å²) in [7, 11) is 0. The molecule has 1 aromatic carbocycles. The standard InChI is InChI=1S/C13H11F3N2O4/c14-13(15,16)11(20)17-5-8-4-12(8,6-17)7-1-2-10(19)9(3-7)18(21)22/h1-3,8,19H,4-6H2. The van der Waals surface area contributed by atoms with E-state index in [1.54, 1.807) is 0 Å². The number of rotatable bonds is 2. The molecule has 0 spiro atoms. The number of hydrogen-bond donors (Lipinski definition) is 1. The summed E-state index contributed by atoms with van der Waals surface area (Å²) in [4.78, 5) is 22.1. The number of benzene rings is 1. The van der Waals surface area contributed by atoms with Gasteiger partial charge >= 0.3 is 17.8 Å². The Morgan fingerprint density at radius 2 is 2.14 bits per heavy atom. The van der Waals surface area contributed by atoms with Crippen LogP contribution >= 0.6 is 0 Å². The number of phenols is 1. The van der Waals surface area contributed by atoms with Gasteiger partial charge in [-0.25, -0.2) is 0 Å². The van der Waals surface area contributed by atoms with Gasteiger partial charge in [-0.05, 0) is 24.0 Å². The summed E-state index contributed by atoms with van der Waals surface area (Å²) in [6.45, 7) is -0.120. The second-order valence-electron chi connectivity index (χ2n) is 5.70. The van der Waals surface area contributed by atoms with Gasteiger partial charge in [0.15, 0.2) is 5.75 Å². The van der Waals surface area contributed by atoms with Crippen molar-refractivity contribution in [3.63, 3.8) is 0 Å². The van der Waals surface area contributed by atoms with Crippen molar-refractivity contribution < 1.29 is 28.0 Å². The summed E-state index contributed by atoms with van der Waals surface area (Å²) in [5, 5.41) is 20.3. The zero-order valence-corrected chi connectivity index (χ0v) is 11.1. The van der Waals surface area contributed by atoms with Crippen molar-refractivity contribution in [1.29, 1.82) is 0 Å². The smallest absolute Gasteiger partial charge is 0.471 e. The summed E-state index contributed by atoms with van der Waals surface area (Å²) < 4.78 is 37.4. The molecule has 0 radical (unpaired) electrons. The largest absolute Gasteiger partial charge is 0.502 e. The van der Waals surface area contributed by atoms with Gasteiger partial charge in [-0.2, -0.15) is 13.2 Å². The Balaban J connectivity index is 1.87. The summed E-state index contributed by atoms with van der Waals surface area (Å²) >= 11 is 0. The van der Waals surface area contributed by atoms with E-state index in [1.807, 2.05) is 0 Å². The molecule has 9 heteroatoms. The van der Waals surface area contributed by atoms with Gasteiger partial charge in [-0.3, -0.25) is 14.9 Å². The van der Waals surface area contributed by atoms with Crippen LogP contribution in [0.3, 0.4) is 0 Å². The van der Waals surface area contributed by atoms with E-state index in [2.05, 4.69) is 0 Å². The molecular weight excluding hydrogens is 305 g/mol. The van der Waals surface area contributed by atoms with Gasteiger partial charge in [0.05, 0.1) is 4.92 Å². The zero-order valence-electron chi connectivity index (χ0n) is 11.1. The van der Waals surface area contributed by atoms with E-state index in [1.165, 1.54) is 12.1 Å². The maximum absolute atomic E-state index is 12.5. The van der Waals surface area contributed by atoms with Gasteiger partial charge in [0.1, 0.15) is 0 Å². The normalized spacial score (nSPS) is 26.7. The maximum Gasteiger partial charge on any atom is 0.471 e. The lowest BCUT2D eigenvalue weighted by atomic mass is 9.94. The van der Waals surface area contributed by atoms with Crippen molar-refractivity contribution in [2.24, 2.45) is 5.92 Å². The first-order chi connectivity index (χ1) is 10.1. The zero-order chi connectivity index (χ0) is 16.3. The Labute approximate surface area is 122 Å². The molecule has 118 valence electrons. The molecule has 0 bridgehead atoms. The van der Waals surface area contributed by atoms with Crippen LogP contribution in [0, 0.1) is 16.0 Å². The van der Waals surface area contributed by atoms with E-state index in [4.69, 9.17) is 0 Å². The Bertz CT molecular complexity index is 676. The highest BCUT2D eigenvalue weighted by molar-refractivity contribution is 5.82. The molecule has 22 heavy (non-hydrogen) atoms. The molecule has 1 aromatic rings.